The Morgan fingerprint density at radius 1 is 1.31 bits per heavy atom. The molecule has 1 aliphatic rings. The van der Waals surface area contributed by atoms with Crippen LogP contribution < -0.4 is 5.32 Å². The van der Waals surface area contributed by atoms with Crippen LogP contribution in [-0.4, -0.2) is 26.2 Å². The second-order valence-corrected chi connectivity index (χ2v) is 7.75. The quantitative estimate of drug-likeness (QED) is 0.679. The van der Waals surface area contributed by atoms with E-state index in [1.165, 1.54) is 18.3 Å². The Balaban J connectivity index is 1.61. The van der Waals surface area contributed by atoms with Gasteiger partial charge >= 0.3 is 0 Å². The van der Waals surface area contributed by atoms with Crippen molar-refractivity contribution >= 4 is 33.6 Å². The Hall–Kier alpha value is -2.19. The zero-order valence-electron chi connectivity index (χ0n) is 13.6. The molecule has 26 heavy (non-hydrogen) atoms. The Bertz CT molecular complexity index is 974. The van der Waals surface area contributed by atoms with Gasteiger partial charge in [0.15, 0.2) is 5.16 Å². The van der Waals surface area contributed by atoms with Crippen LogP contribution in [0.15, 0.2) is 52.4 Å². The van der Waals surface area contributed by atoms with Gasteiger partial charge in [-0.3, -0.25) is 9.78 Å². The molecule has 3 heterocycles. The lowest BCUT2D eigenvalue weighted by Crippen LogP contribution is -2.24. The Morgan fingerprint density at radius 3 is 2.88 bits per heavy atom. The lowest BCUT2D eigenvalue weighted by molar-refractivity contribution is 0.0949. The molecule has 0 saturated heterocycles. The van der Waals surface area contributed by atoms with E-state index in [0.717, 1.165) is 38.9 Å². The monoisotopic (exact) mass is 432 g/mol. The highest BCUT2D eigenvalue weighted by Gasteiger charge is 2.23. The number of nitrogens with one attached hydrogen (secondary N) is 1. The molecule has 1 N–H and O–H groups in total. The topological polar surface area (TPSA) is 59.8 Å². The molecule has 1 aromatic carbocycles. The summed E-state index contributed by atoms with van der Waals surface area (Å²) in [4.78, 5) is 21.1. The van der Waals surface area contributed by atoms with Crippen LogP contribution >= 0.6 is 27.7 Å². The summed E-state index contributed by atoms with van der Waals surface area (Å²) < 4.78 is 16.1. The maximum Gasteiger partial charge on any atom is 0.253 e. The zero-order chi connectivity index (χ0) is 18.1. The molecule has 0 atom stereocenters. The van der Waals surface area contributed by atoms with Crippen molar-refractivity contribution in [1.29, 1.82) is 0 Å². The minimum atomic E-state index is -0.285. The van der Waals surface area contributed by atoms with Crippen LogP contribution in [0.5, 0.6) is 0 Å². The number of hydrogen-bond acceptors (Lipinski definition) is 4. The Morgan fingerprint density at radius 2 is 2.12 bits per heavy atom. The third kappa shape index (κ3) is 3.39. The molecule has 0 bridgehead atoms. The molecule has 0 radical (unpaired) electrons. The van der Waals surface area contributed by atoms with Crippen LogP contribution in [0.1, 0.15) is 16.1 Å². The number of pyridine rings is 1. The molecule has 3 aromatic rings. The standard InChI is InChI=1S/C18H14BrFN4OS/c19-13-7-12(8-21-9-13)17(25)22-10-15-16(11-1-3-14(20)4-2-11)23-18-24(15)5-6-26-18/h1-4,7-9H,5-6,10H2,(H,22,25). The van der Waals surface area contributed by atoms with Crippen LogP contribution in [0.25, 0.3) is 11.3 Å². The molecule has 0 fully saturated rings. The normalized spacial score (nSPS) is 12.8. The van der Waals surface area contributed by atoms with Gasteiger partial charge in [0.2, 0.25) is 0 Å². The highest BCUT2D eigenvalue weighted by molar-refractivity contribution is 9.10. The van der Waals surface area contributed by atoms with E-state index in [9.17, 15) is 9.18 Å². The number of carbonyl (C=O) groups excluding carboxylic acids is 1. The van der Waals surface area contributed by atoms with Gasteiger partial charge in [0.1, 0.15) is 5.82 Å². The van der Waals surface area contributed by atoms with Crippen molar-refractivity contribution < 1.29 is 9.18 Å². The van der Waals surface area contributed by atoms with Crippen LogP contribution in [0.4, 0.5) is 4.39 Å². The first-order chi connectivity index (χ1) is 12.6. The van der Waals surface area contributed by atoms with Crippen molar-refractivity contribution in [3.8, 4) is 11.3 Å². The van der Waals surface area contributed by atoms with E-state index in [1.54, 1.807) is 36.2 Å². The number of thioether (sulfide) groups is 1. The molecule has 5 nitrogen and oxygen atoms in total. The largest absolute Gasteiger partial charge is 0.346 e. The van der Waals surface area contributed by atoms with Gasteiger partial charge in [-0.1, -0.05) is 11.8 Å². The molecule has 0 unspecified atom stereocenters. The van der Waals surface area contributed by atoms with Crippen LogP contribution in [0, 0.1) is 5.82 Å². The number of rotatable bonds is 4. The van der Waals surface area contributed by atoms with Crippen LogP contribution in [-0.2, 0) is 13.1 Å². The molecule has 8 heteroatoms. The SMILES string of the molecule is O=C(NCc1c(-c2ccc(F)cc2)nc2n1CCS2)c1cncc(Br)c1. The smallest absolute Gasteiger partial charge is 0.253 e. The number of hydrogen-bond donors (Lipinski definition) is 1. The number of benzene rings is 1. The molecule has 4 rings (SSSR count). The molecular formula is C18H14BrFN4OS. The summed E-state index contributed by atoms with van der Waals surface area (Å²) >= 11 is 5.00. The van der Waals surface area contributed by atoms with Crippen LogP contribution in [0.2, 0.25) is 0 Å². The van der Waals surface area contributed by atoms with Crippen molar-refractivity contribution in [3.05, 3.63) is 64.3 Å². The van der Waals surface area contributed by atoms with Crippen LogP contribution in [0.3, 0.4) is 0 Å². The highest BCUT2D eigenvalue weighted by atomic mass is 79.9. The van der Waals surface area contributed by atoms with Crippen molar-refractivity contribution in [1.82, 2.24) is 19.9 Å². The second-order valence-electron chi connectivity index (χ2n) is 5.77. The summed E-state index contributed by atoms with van der Waals surface area (Å²) in [6, 6.07) is 7.98. The third-order valence-electron chi connectivity index (χ3n) is 4.08. The van der Waals surface area contributed by atoms with E-state index < -0.39 is 0 Å². The van der Waals surface area contributed by atoms with E-state index in [1.807, 2.05) is 0 Å². The van der Waals surface area contributed by atoms with Gasteiger partial charge in [0.05, 0.1) is 23.5 Å². The van der Waals surface area contributed by atoms with Gasteiger partial charge in [0, 0.05) is 34.7 Å². The average molecular weight is 433 g/mol. The number of carbonyl (C=O) groups is 1. The first-order valence-corrected chi connectivity index (χ1v) is 9.76. The summed E-state index contributed by atoms with van der Waals surface area (Å²) in [7, 11) is 0. The average Bonchev–Trinajstić information content (AvgIpc) is 3.22. The fourth-order valence-electron chi connectivity index (χ4n) is 2.85. The summed E-state index contributed by atoms with van der Waals surface area (Å²) in [6.07, 6.45) is 3.15. The predicted octanol–water partition coefficient (Wildman–Crippen LogP) is 3.88. The lowest BCUT2D eigenvalue weighted by atomic mass is 10.1. The van der Waals surface area contributed by atoms with E-state index in [0.29, 0.717) is 12.1 Å². The predicted molar refractivity (Wildman–Crippen MR) is 101 cm³/mol. The molecular weight excluding hydrogens is 419 g/mol. The number of halogens is 2. The van der Waals surface area contributed by atoms with Crippen molar-refractivity contribution in [2.45, 2.75) is 18.2 Å². The number of amides is 1. The second kappa shape index (κ2) is 7.20. The minimum Gasteiger partial charge on any atom is -0.346 e. The third-order valence-corrected chi connectivity index (χ3v) is 5.47. The molecule has 0 aliphatic carbocycles. The fourth-order valence-corrected chi connectivity index (χ4v) is 4.19. The maximum atomic E-state index is 13.2. The molecule has 1 amide bonds. The number of nitrogens with zero attached hydrogens (tertiary/aromatic N) is 3. The van der Waals surface area contributed by atoms with E-state index >= 15 is 0 Å². The number of fused-ring (bicyclic) bond motifs is 1. The number of imidazole rings is 1. The molecule has 2 aromatic heterocycles. The minimum absolute atomic E-state index is 0.204. The molecule has 0 spiro atoms. The first-order valence-electron chi connectivity index (χ1n) is 7.99. The van der Waals surface area contributed by atoms with Gasteiger partial charge in [-0.05, 0) is 46.3 Å². The summed E-state index contributed by atoms with van der Waals surface area (Å²) in [5.41, 5.74) is 3.02. The fraction of sp³-hybridized carbons (Fsp3) is 0.167. The lowest BCUT2D eigenvalue weighted by Gasteiger charge is -2.10. The molecule has 0 saturated carbocycles. The summed E-state index contributed by atoms with van der Waals surface area (Å²) in [5.74, 6) is 0.472. The Kier molecular flexibility index (Phi) is 4.78. The summed E-state index contributed by atoms with van der Waals surface area (Å²) in [5, 5.41) is 3.86. The highest BCUT2D eigenvalue weighted by Crippen LogP contribution is 2.33. The Labute approximate surface area is 162 Å². The maximum absolute atomic E-state index is 13.2. The zero-order valence-corrected chi connectivity index (χ0v) is 16.0. The van der Waals surface area contributed by atoms with E-state index in [4.69, 9.17) is 0 Å². The first kappa shape index (κ1) is 17.2. The van der Waals surface area contributed by atoms with Gasteiger partial charge < -0.3 is 9.88 Å². The van der Waals surface area contributed by atoms with E-state index in [2.05, 4.69) is 35.8 Å². The van der Waals surface area contributed by atoms with Crippen molar-refractivity contribution in [2.75, 3.05) is 5.75 Å². The van der Waals surface area contributed by atoms with Gasteiger partial charge in [-0.2, -0.15) is 0 Å². The molecule has 132 valence electrons. The van der Waals surface area contributed by atoms with Gasteiger partial charge in [0.25, 0.3) is 5.91 Å². The van der Waals surface area contributed by atoms with Gasteiger partial charge in [-0.15, -0.1) is 0 Å². The van der Waals surface area contributed by atoms with Crippen molar-refractivity contribution in [3.63, 3.8) is 0 Å². The van der Waals surface area contributed by atoms with E-state index in [-0.39, 0.29) is 11.7 Å². The number of aromatic nitrogens is 3. The van der Waals surface area contributed by atoms with Crippen molar-refractivity contribution in [2.24, 2.45) is 0 Å². The summed E-state index contributed by atoms with van der Waals surface area (Å²) in [6.45, 7) is 1.18. The molecule has 1 aliphatic heterocycles. The van der Waals surface area contributed by atoms with Gasteiger partial charge in [-0.25, -0.2) is 9.37 Å².